The summed E-state index contributed by atoms with van der Waals surface area (Å²) < 4.78 is 5.84. The SMILES string of the molecule is CC(CCc1ccccc1)NCc1cc(Cl)c(OCc2ccccc2)c(Cl)c1. The zero-order chi connectivity index (χ0) is 19.8. The Labute approximate surface area is 177 Å². The Morgan fingerprint density at radius 3 is 2.00 bits per heavy atom. The van der Waals surface area contributed by atoms with E-state index < -0.39 is 0 Å². The molecule has 1 unspecified atom stereocenters. The van der Waals surface area contributed by atoms with Crippen LogP contribution in [0.5, 0.6) is 5.75 Å². The number of halogens is 2. The lowest BCUT2D eigenvalue weighted by Gasteiger charge is -2.16. The summed E-state index contributed by atoms with van der Waals surface area (Å²) in [6.07, 6.45) is 2.13. The van der Waals surface area contributed by atoms with E-state index in [2.05, 4.69) is 36.5 Å². The van der Waals surface area contributed by atoms with Gasteiger partial charge in [0.25, 0.3) is 0 Å². The van der Waals surface area contributed by atoms with Gasteiger partial charge in [-0.1, -0.05) is 83.9 Å². The minimum Gasteiger partial charge on any atom is -0.486 e. The number of aryl methyl sites for hydroxylation is 1. The summed E-state index contributed by atoms with van der Waals surface area (Å²) >= 11 is 12.8. The topological polar surface area (TPSA) is 21.3 Å². The fraction of sp³-hybridized carbons (Fsp3) is 0.250. The maximum Gasteiger partial charge on any atom is 0.156 e. The van der Waals surface area contributed by atoms with Gasteiger partial charge in [0.15, 0.2) is 5.75 Å². The molecule has 0 fully saturated rings. The third-order valence-electron chi connectivity index (χ3n) is 4.65. The van der Waals surface area contributed by atoms with E-state index in [4.69, 9.17) is 27.9 Å². The number of nitrogens with one attached hydrogen (secondary N) is 1. The van der Waals surface area contributed by atoms with Crippen LogP contribution in [0.15, 0.2) is 72.8 Å². The summed E-state index contributed by atoms with van der Waals surface area (Å²) in [4.78, 5) is 0. The molecule has 1 N–H and O–H groups in total. The van der Waals surface area contributed by atoms with E-state index in [9.17, 15) is 0 Å². The van der Waals surface area contributed by atoms with E-state index in [-0.39, 0.29) is 0 Å². The molecule has 0 bridgehead atoms. The van der Waals surface area contributed by atoms with E-state index in [0.29, 0.717) is 35.0 Å². The second kappa shape index (κ2) is 10.5. The van der Waals surface area contributed by atoms with Gasteiger partial charge in [-0.05, 0) is 48.6 Å². The molecule has 0 saturated heterocycles. The Morgan fingerprint density at radius 1 is 0.821 bits per heavy atom. The third-order valence-corrected chi connectivity index (χ3v) is 5.21. The van der Waals surface area contributed by atoms with E-state index in [0.717, 1.165) is 24.0 Å². The molecule has 1 atom stereocenters. The van der Waals surface area contributed by atoms with Crippen molar-refractivity contribution >= 4 is 23.2 Å². The average Bonchev–Trinajstić information content (AvgIpc) is 2.71. The van der Waals surface area contributed by atoms with E-state index in [1.807, 2.05) is 48.5 Å². The number of benzene rings is 3. The first-order chi connectivity index (χ1) is 13.6. The van der Waals surface area contributed by atoms with Gasteiger partial charge in [-0.3, -0.25) is 0 Å². The van der Waals surface area contributed by atoms with Crippen molar-refractivity contribution in [2.45, 2.75) is 39.0 Å². The summed E-state index contributed by atoms with van der Waals surface area (Å²) in [6.45, 7) is 3.35. The van der Waals surface area contributed by atoms with Gasteiger partial charge in [0, 0.05) is 12.6 Å². The summed E-state index contributed by atoms with van der Waals surface area (Å²) in [5, 5.41) is 4.62. The first-order valence-corrected chi connectivity index (χ1v) is 10.3. The highest BCUT2D eigenvalue weighted by atomic mass is 35.5. The molecular formula is C24H25Cl2NO. The Morgan fingerprint density at radius 2 is 1.39 bits per heavy atom. The van der Waals surface area contributed by atoms with Crippen molar-refractivity contribution in [3.8, 4) is 5.75 Å². The average molecular weight is 414 g/mol. The van der Waals surface area contributed by atoms with Crippen molar-refractivity contribution < 1.29 is 4.74 Å². The van der Waals surface area contributed by atoms with Gasteiger partial charge in [0.05, 0.1) is 10.0 Å². The van der Waals surface area contributed by atoms with Crippen LogP contribution >= 0.6 is 23.2 Å². The van der Waals surface area contributed by atoms with E-state index in [1.165, 1.54) is 5.56 Å². The van der Waals surface area contributed by atoms with Crippen LogP contribution in [-0.2, 0) is 19.6 Å². The van der Waals surface area contributed by atoms with Gasteiger partial charge in [-0.25, -0.2) is 0 Å². The third kappa shape index (κ3) is 6.27. The molecule has 0 aromatic heterocycles. The van der Waals surface area contributed by atoms with E-state index in [1.54, 1.807) is 0 Å². The molecule has 0 radical (unpaired) electrons. The Hall–Kier alpha value is -2.00. The first-order valence-electron chi connectivity index (χ1n) is 9.54. The standard InChI is InChI=1S/C24H25Cl2NO/c1-18(12-13-19-8-4-2-5-9-19)27-16-21-14-22(25)24(23(26)15-21)28-17-20-10-6-3-7-11-20/h2-11,14-15,18,27H,12-13,16-17H2,1H3. The molecule has 0 aliphatic carbocycles. The van der Waals surface area contributed by atoms with Crippen LogP contribution in [0.4, 0.5) is 0 Å². The first kappa shape index (κ1) is 20.7. The van der Waals surface area contributed by atoms with E-state index >= 15 is 0 Å². The monoisotopic (exact) mass is 413 g/mol. The predicted molar refractivity (Wildman–Crippen MR) is 118 cm³/mol. The zero-order valence-corrected chi connectivity index (χ0v) is 17.5. The summed E-state index contributed by atoms with van der Waals surface area (Å²) in [5.41, 5.74) is 3.49. The van der Waals surface area contributed by atoms with Crippen molar-refractivity contribution in [1.29, 1.82) is 0 Å². The van der Waals surface area contributed by atoms with Crippen LogP contribution < -0.4 is 10.1 Å². The summed E-state index contributed by atoms with van der Waals surface area (Å²) in [6, 6.07) is 24.7. The van der Waals surface area contributed by atoms with Crippen LogP contribution in [0.25, 0.3) is 0 Å². The molecule has 28 heavy (non-hydrogen) atoms. The highest BCUT2D eigenvalue weighted by molar-refractivity contribution is 6.37. The van der Waals surface area contributed by atoms with Crippen molar-refractivity contribution in [1.82, 2.24) is 5.32 Å². The number of rotatable bonds is 9. The molecule has 146 valence electrons. The van der Waals surface area contributed by atoms with Gasteiger partial charge in [0.1, 0.15) is 6.61 Å². The minimum absolute atomic E-state index is 0.395. The molecular weight excluding hydrogens is 389 g/mol. The molecule has 0 aliphatic rings. The highest BCUT2D eigenvalue weighted by Crippen LogP contribution is 2.34. The zero-order valence-electron chi connectivity index (χ0n) is 16.0. The summed E-state index contributed by atoms with van der Waals surface area (Å²) in [5.74, 6) is 0.535. The second-order valence-electron chi connectivity index (χ2n) is 6.97. The highest BCUT2D eigenvalue weighted by Gasteiger charge is 2.11. The maximum absolute atomic E-state index is 6.42. The van der Waals surface area contributed by atoms with Crippen LogP contribution in [0.2, 0.25) is 10.0 Å². The predicted octanol–water partition coefficient (Wildman–Crippen LogP) is 6.68. The Bertz CT molecular complexity index is 845. The lowest BCUT2D eigenvalue weighted by Crippen LogP contribution is -2.26. The second-order valence-corrected chi connectivity index (χ2v) is 7.78. The van der Waals surface area contributed by atoms with Gasteiger partial charge < -0.3 is 10.1 Å². The molecule has 0 heterocycles. The maximum atomic E-state index is 6.42. The molecule has 2 nitrogen and oxygen atoms in total. The summed E-state index contributed by atoms with van der Waals surface area (Å²) in [7, 11) is 0. The smallest absolute Gasteiger partial charge is 0.156 e. The van der Waals surface area contributed by atoms with Gasteiger partial charge in [-0.15, -0.1) is 0 Å². The molecule has 0 spiro atoms. The van der Waals surface area contributed by atoms with Crippen LogP contribution in [0, 0.1) is 0 Å². The molecule has 0 aliphatic heterocycles. The minimum atomic E-state index is 0.395. The number of hydrogen-bond donors (Lipinski definition) is 1. The number of ether oxygens (including phenoxy) is 1. The lowest BCUT2D eigenvalue weighted by molar-refractivity contribution is 0.306. The largest absolute Gasteiger partial charge is 0.486 e. The quantitative estimate of drug-likeness (QED) is 0.422. The van der Waals surface area contributed by atoms with Gasteiger partial charge >= 0.3 is 0 Å². The van der Waals surface area contributed by atoms with Crippen LogP contribution in [0.1, 0.15) is 30.0 Å². The molecule has 3 aromatic carbocycles. The Kier molecular flexibility index (Phi) is 7.79. The van der Waals surface area contributed by atoms with Crippen LogP contribution in [-0.4, -0.2) is 6.04 Å². The fourth-order valence-corrected chi connectivity index (χ4v) is 3.65. The Balaban J connectivity index is 1.52. The molecule has 0 saturated carbocycles. The normalized spacial score (nSPS) is 12.0. The van der Waals surface area contributed by atoms with Crippen molar-refractivity contribution in [2.75, 3.05) is 0 Å². The molecule has 3 aromatic rings. The van der Waals surface area contributed by atoms with Gasteiger partial charge in [-0.2, -0.15) is 0 Å². The lowest BCUT2D eigenvalue weighted by atomic mass is 10.1. The molecule has 0 amide bonds. The van der Waals surface area contributed by atoms with Crippen molar-refractivity contribution in [3.63, 3.8) is 0 Å². The number of hydrogen-bond acceptors (Lipinski definition) is 2. The van der Waals surface area contributed by atoms with Gasteiger partial charge in [0.2, 0.25) is 0 Å². The van der Waals surface area contributed by atoms with Crippen LogP contribution in [0.3, 0.4) is 0 Å². The van der Waals surface area contributed by atoms with Crippen molar-refractivity contribution in [3.05, 3.63) is 99.5 Å². The fourth-order valence-electron chi connectivity index (χ4n) is 3.00. The molecule has 4 heteroatoms. The van der Waals surface area contributed by atoms with Crippen molar-refractivity contribution in [2.24, 2.45) is 0 Å². The molecule has 3 rings (SSSR count).